The molecule has 36 heavy (non-hydrogen) atoms. The zero-order valence-corrected chi connectivity index (χ0v) is 20.4. The molecule has 3 heterocycles. The summed E-state index contributed by atoms with van der Waals surface area (Å²) in [5, 5.41) is 16.4. The molecule has 1 atom stereocenters. The third kappa shape index (κ3) is 4.98. The molecule has 1 aliphatic rings. The zero-order chi connectivity index (χ0) is 25.1. The van der Waals surface area contributed by atoms with Gasteiger partial charge in [0.25, 0.3) is 5.91 Å². The highest BCUT2D eigenvalue weighted by Gasteiger charge is 2.32. The van der Waals surface area contributed by atoms with Crippen LogP contribution in [0, 0.1) is 6.92 Å². The molecule has 0 aliphatic heterocycles. The molecule has 5 rings (SSSR count). The van der Waals surface area contributed by atoms with E-state index in [1.54, 1.807) is 12.3 Å². The van der Waals surface area contributed by atoms with Crippen molar-refractivity contribution in [2.75, 3.05) is 4.90 Å². The Bertz CT molecular complexity index is 1370. The van der Waals surface area contributed by atoms with E-state index in [2.05, 4.69) is 25.7 Å². The van der Waals surface area contributed by atoms with Crippen molar-refractivity contribution in [2.45, 2.75) is 64.6 Å². The molecule has 10 nitrogen and oxygen atoms in total. The quantitative estimate of drug-likeness (QED) is 0.403. The topological polar surface area (TPSA) is 119 Å². The molecule has 0 saturated heterocycles. The third-order valence-corrected chi connectivity index (χ3v) is 6.52. The molecule has 4 aromatic rings. The fourth-order valence-corrected chi connectivity index (χ4v) is 4.70. The minimum atomic E-state index is -0.697. The summed E-state index contributed by atoms with van der Waals surface area (Å²) in [5.74, 6) is 1.00. The molecule has 3 aromatic heterocycles. The number of fused-ring (bicyclic) bond motifs is 1. The van der Waals surface area contributed by atoms with E-state index in [1.807, 2.05) is 50.2 Å². The van der Waals surface area contributed by atoms with Crippen LogP contribution in [0.1, 0.15) is 44.8 Å². The number of benzene rings is 1. The summed E-state index contributed by atoms with van der Waals surface area (Å²) in [5.41, 5.74) is 1.36. The second-order valence-corrected chi connectivity index (χ2v) is 9.12. The molecule has 0 bridgehead atoms. The monoisotopic (exact) mass is 487 g/mol. The van der Waals surface area contributed by atoms with E-state index >= 15 is 0 Å². The van der Waals surface area contributed by atoms with Crippen molar-refractivity contribution >= 4 is 28.4 Å². The van der Waals surface area contributed by atoms with Crippen LogP contribution in [-0.4, -0.2) is 49.1 Å². The van der Waals surface area contributed by atoms with Crippen molar-refractivity contribution in [2.24, 2.45) is 0 Å². The van der Waals surface area contributed by atoms with E-state index in [0.717, 1.165) is 42.3 Å². The van der Waals surface area contributed by atoms with Crippen molar-refractivity contribution in [3.05, 3.63) is 54.4 Å². The molecular weight excluding hydrogens is 458 g/mol. The van der Waals surface area contributed by atoms with Crippen molar-refractivity contribution in [3.63, 3.8) is 0 Å². The largest absolute Gasteiger partial charge is 0.458 e. The number of para-hydroxylation sites is 1. The van der Waals surface area contributed by atoms with E-state index in [1.165, 1.54) is 9.70 Å². The first kappa shape index (κ1) is 23.7. The Balaban J connectivity index is 1.44. The summed E-state index contributed by atoms with van der Waals surface area (Å²) >= 11 is 0. The lowest BCUT2D eigenvalue weighted by Gasteiger charge is -2.31. The number of hydrogen-bond acceptors (Lipinski definition) is 7. The lowest BCUT2D eigenvalue weighted by atomic mass is 10.1. The van der Waals surface area contributed by atoms with Crippen molar-refractivity contribution in [1.29, 1.82) is 0 Å². The Kier molecular flexibility index (Phi) is 6.75. The van der Waals surface area contributed by atoms with Gasteiger partial charge in [0.15, 0.2) is 5.76 Å². The number of rotatable bonds is 8. The van der Waals surface area contributed by atoms with Gasteiger partial charge >= 0.3 is 0 Å². The maximum Gasteiger partial charge on any atom is 0.251 e. The summed E-state index contributed by atoms with van der Waals surface area (Å²) in [6, 6.07) is 12.6. The number of aromatic nitrogens is 5. The van der Waals surface area contributed by atoms with Crippen LogP contribution < -0.4 is 10.2 Å². The molecule has 0 radical (unpaired) electrons. The fourth-order valence-electron chi connectivity index (χ4n) is 4.70. The number of carbonyl (C=O) groups excluding carboxylic acids is 2. The highest BCUT2D eigenvalue weighted by atomic mass is 16.3. The molecule has 186 valence electrons. The number of nitrogens with one attached hydrogen (secondary N) is 1. The van der Waals surface area contributed by atoms with Gasteiger partial charge in [-0.15, -0.1) is 10.2 Å². The summed E-state index contributed by atoms with van der Waals surface area (Å²) < 4.78 is 5.56. The van der Waals surface area contributed by atoms with Crippen LogP contribution in [0.25, 0.3) is 22.5 Å². The first-order valence-electron chi connectivity index (χ1n) is 12.3. The molecule has 1 fully saturated rings. The predicted octanol–water partition coefficient (Wildman–Crippen LogP) is 3.66. The first-order chi connectivity index (χ1) is 17.5. The van der Waals surface area contributed by atoms with Gasteiger partial charge in [0.2, 0.25) is 11.7 Å². The number of pyridine rings is 1. The van der Waals surface area contributed by atoms with E-state index in [0.29, 0.717) is 23.7 Å². The van der Waals surface area contributed by atoms with Crippen molar-refractivity contribution in [3.8, 4) is 11.6 Å². The molecule has 2 amide bonds. The van der Waals surface area contributed by atoms with E-state index in [-0.39, 0.29) is 24.4 Å². The Morgan fingerprint density at radius 2 is 2.00 bits per heavy atom. The number of furan rings is 1. The average molecular weight is 488 g/mol. The van der Waals surface area contributed by atoms with Crippen LogP contribution >= 0.6 is 0 Å². The first-order valence-corrected chi connectivity index (χ1v) is 12.3. The third-order valence-electron chi connectivity index (χ3n) is 6.52. The lowest BCUT2D eigenvalue weighted by molar-refractivity contribution is -0.127. The van der Waals surface area contributed by atoms with Gasteiger partial charge in [-0.25, -0.2) is 0 Å². The molecule has 1 aliphatic carbocycles. The van der Waals surface area contributed by atoms with Crippen LogP contribution in [0.2, 0.25) is 0 Å². The van der Waals surface area contributed by atoms with Crippen molar-refractivity contribution < 1.29 is 14.0 Å². The van der Waals surface area contributed by atoms with Gasteiger partial charge in [-0.1, -0.05) is 38.0 Å². The van der Waals surface area contributed by atoms with Crippen molar-refractivity contribution in [1.82, 2.24) is 30.5 Å². The SMILES string of the molecule is CCC(C(=O)NC1CCCC1)N(C(=O)Cn1nnc(-c2ccc(C)o2)n1)c1cnc2ccccc2c1. The van der Waals surface area contributed by atoms with Crippen LogP contribution in [0.4, 0.5) is 5.69 Å². The van der Waals surface area contributed by atoms with Gasteiger partial charge in [0, 0.05) is 11.4 Å². The smallest absolute Gasteiger partial charge is 0.251 e. The molecule has 10 heteroatoms. The van der Waals surface area contributed by atoms with Crippen LogP contribution in [0.5, 0.6) is 0 Å². The van der Waals surface area contributed by atoms with Crippen LogP contribution in [0.15, 0.2) is 53.1 Å². The van der Waals surface area contributed by atoms with Gasteiger partial charge in [-0.3, -0.25) is 19.5 Å². The molecule has 0 spiro atoms. The predicted molar refractivity (Wildman–Crippen MR) is 134 cm³/mol. The maximum absolute atomic E-state index is 13.7. The van der Waals surface area contributed by atoms with Gasteiger partial charge in [0.1, 0.15) is 18.3 Å². The van der Waals surface area contributed by atoms with E-state index in [9.17, 15) is 9.59 Å². The Morgan fingerprint density at radius 1 is 1.19 bits per heavy atom. The van der Waals surface area contributed by atoms with Gasteiger partial charge in [0.05, 0.1) is 17.4 Å². The van der Waals surface area contributed by atoms with Crippen LogP contribution in [0.3, 0.4) is 0 Å². The number of hydrogen-bond donors (Lipinski definition) is 1. The molecule has 1 unspecified atom stereocenters. The normalized spacial score (nSPS) is 14.7. The molecule has 1 N–H and O–H groups in total. The summed E-state index contributed by atoms with van der Waals surface area (Å²) in [6.07, 6.45) is 6.22. The second kappa shape index (κ2) is 10.3. The number of carbonyl (C=O) groups is 2. The highest BCUT2D eigenvalue weighted by Crippen LogP contribution is 2.25. The van der Waals surface area contributed by atoms with E-state index < -0.39 is 6.04 Å². The molecule has 1 aromatic carbocycles. The minimum absolute atomic E-state index is 0.148. The molecule has 1 saturated carbocycles. The number of nitrogens with zero attached hydrogens (tertiary/aromatic N) is 6. The summed E-state index contributed by atoms with van der Waals surface area (Å²) in [7, 11) is 0. The number of anilines is 1. The lowest BCUT2D eigenvalue weighted by Crippen LogP contribution is -2.52. The average Bonchev–Trinajstić information content (AvgIpc) is 3.65. The second-order valence-electron chi connectivity index (χ2n) is 9.12. The summed E-state index contributed by atoms with van der Waals surface area (Å²) in [4.78, 5) is 34.3. The molecular formula is C26H29N7O3. The minimum Gasteiger partial charge on any atom is -0.458 e. The maximum atomic E-state index is 13.7. The Hall–Kier alpha value is -4.08. The van der Waals surface area contributed by atoms with Gasteiger partial charge < -0.3 is 9.73 Å². The highest BCUT2D eigenvalue weighted by molar-refractivity contribution is 6.01. The number of amides is 2. The number of aryl methyl sites for hydroxylation is 1. The Labute approximate surface area is 208 Å². The van der Waals surface area contributed by atoms with E-state index in [4.69, 9.17) is 4.42 Å². The standard InChI is InChI=1S/C26H29N7O3/c1-3-22(26(35)28-19-9-5-6-10-19)33(20-14-18-8-4-7-11-21(18)27-15-20)24(34)16-32-30-25(29-31-32)23-13-12-17(2)36-23/h4,7-8,11-15,19,22H,3,5-6,9-10,16H2,1-2H3,(H,28,35). The van der Waals surface area contributed by atoms with Crippen LogP contribution in [-0.2, 0) is 16.1 Å². The summed E-state index contributed by atoms with van der Waals surface area (Å²) in [6.45, 7) is 3.54. The van der Waals surface area contributed by atoms with Gasteiger partial charge in [-0.2, -0.15) is 4.80 Å². The zero-order valence-electron chi connectivity index (χ0n) is 20.4. The number of tetrazole rings is 1. The Morgan fingerprint density at radius 3 is 2.75 bits per heavy atom. The fraction of sp³-hybridized carbons (Fsp3) is 0.385. The van der Waals surface area contributed by atoms with Gasteiger partial charge in [-0.05, 0) is 55.7 Å².